The van der Waals surface area contributed by atoms with Crippen molar-refractivity contribution in [2.45, 2.75) is 6.92 Å². The smallest absolute Gasteiger partial charge is 0.262 e. The zero-order valence-corrected chi connectivity index (χ0v) is 18.4. The third kappa shape index (κ3) is 4.58. The second kappa shape index (κ2) is 9.12. The van der Waals surface area contributed by atoms with Crippen molar-refractivity contribution in [2.75, 3.05) is 17.3 Å². The van der Waals surface area contributed by atoms with Crippen molar-refractivity contribution in [1.29, 1.82) is 0 Å². The minimum absolute atomic E-state index is 0.141. The molecule has 1 heterocycles. The molecule has 2 amide bonds. The van der Waals surface area contributed by atoms with Gasteiger partial charge in [0.1, 0.15) is 5.75 Å². The van der Waals surface area contributed by atoms with E-state index in [1.807, 2.05) is 60.7 Å². The van der Waals surface area contributed by atoms with E-state index in [9.17, 15) is 9.59 Å². The SMILES string of the molecule is COc1ccc(/C=C2/C=C(c3ccc(Cl)cc3)N(c3ccc(NC(C)=O)cc3)C2=O)cc1. The number of ether oxygens (including phenoxy) is 1. The summed E-state index contributed by atoms with van der Waals surface area (Å²) in [5, 5.41) is 3.36. The molecule has 5 nitrogen and oxygen atoms in total. The normalized spacial score (nSPS) is 14.5. The summed E-state index contributed by atoms with van der Waals surface area (Å²) in [6.45, 7) is 1.45. The van der Waals surface area contributed by atoms with Crippen molar-refractivity contribution in [3.8, 4) is 5.75 Å². The van der Waals surface area contributed by atoms with Crippen LogP contribution in [0.2, 0.25) is 5.02 Å². The minimum atomic E-state index is -0.151. The fourth-order valence-corrected chi connectivity index (χ4v) is 3.61. The second-order valence-corrected chi connectivity index (χ2v) is 7.71. The van der Waals surface area contributed by atoms with Crippen LogP contribution in [0.5, 0.6) is 5.75 Å². The van der Waals surface area contributed by atoms with Crippen LogP contribution in [-0.4, -0.2) is 18.9 Å². The first-order chi connectivity index (χ1) is 15.4. The number of methoxy groups -OCH3 is 1. The van der Waals surface area contributed by atoms with E-state index in [2.05, 4.69) is 5.32 Å². The number of nitrogens with zero attached hydrogens (tertiary/aromatic N) is 1. The lowest BCUT2D eigenvalue weighted by molar-refractivity contribution is -0.114. The molecule has 0 unspecified atom stereocenters. The van der Waals surface area contributed by atoms with Gasteiger partial charge in [-0.1, -0.05) is 35.9 Å². The Labute approximate surface area is 191 Å². The van der Waals surface area contributed by atoms with E-state index in [0.717, 1.165) is 22.6 Å². The highest BCUT2D eigenvalue weighted by atomic mass is 35.5. The lowest BCUT2D eigenvalue weighted by atomic mass is 10.1. The van der Waals surface area contributed by atoms with Crippen LogP contribution < -0.4 is 15.0 Å². The van der Waals surface area contributed by atoms with Gasteiger partial charge in [-0.25, -0.2) is 0 Å². The van der Waals surface area contributed by atoms with Crippen molar-refractivity contribution in [3.05, 3.63) is 101 Å². The Morgan fingerprint density at radius 2 is 1.62 bits per heavy atom. The number of nitrogens with one attached hydrogen (secondary N) is 1. The summed E-state index contributed by atoms with van der Waals surface area (Å²) in [5.74, 6) is 0.461. The number of hydrogen-bond donors (Lipinski definition) is 1. The summed E-state index contributed by atoms with van der Waals surface area (Å²) in [5.41, 5.74) is 4.43. The van der Waals surface area contributed by atoms with Gasteiger partial charge in [0.25, 0.3) is 5.91 Å². The van der Waals surface area contributed by atoms with Gasteiger partial charge in [0, 0.05) is 28.9 Å². The summed E-state index contributed by atoms with van der Waals surface area (Å²) in [4.78, 5) is 26.4. The molecule has 0 radical (unpaired) electrons. The average molecular weight is 445 g/mol. The van der Waals surface area contributed by atoms with E-state index in [0.29, 0.717) is 22.0 Å². The lowest BCUT2D eigenvalue weighted by Crippen LogP contribution is -2.25. The molecule has 0 aliphatic carbocycles. The van der Waals surface area contributed by atoms with Crippen molar-refractivity contribution in [1.82, 2.24) is 0 Å². The molecule has 0 fully saturated rings. The van der Waals surface area contributed by atoms with Gasteiger partial charge in [0.05, 0.1) is 12.8 Å². The second-order valence-electron chi connectivity index (χ2n) is 7.28. The molecule has 1 aliphatic rings. The Morgan fingerprint density at radius 3 is 2.22 bits per heavy atom. The number of carbonyl (C=O) groups excluding carboxylic acids is 2. The van der Waals surface area contributed by atoms with E-state index in [-0.39, 0.29) is 11.8 Å². The van der Waals surface area contributed by atoms with Crippen LogP contribution in [0.3, 0.4) is 0 Å². The molecular formula is C26H21ClN2O3. The molecule has 0 atom stereocenters. The number of carbonyl (C=O) groups is 2. The van der Waals surface area contributed by atoms with Gasteiger partial charge in [0.2, 0.25) is 5.91 Å². The molecule has 0 spiro atoms. The Hall–Kier alpha value is -3.83. The van der Waals surface area contributed by atoms with Gasteiger partial charge in [-0.05, 0) is 71.8 Å². The molecule has 1 aliphatic heterocycles. The zero-order chi connectivity index (χ0) is 22.7. The van der Waals surface area contributed by atoms with Gasteiger partial charge in [-0.15, -0.1) is 0 Å². The molecular weight excluding hydrogens is 424 g/mol. The maximum absolute atomic E-state index is 13.4. The van der Waals surface area contributed by atoms with Crippen LogP contribution in [0.1, 0.15) is 18.1 Å². The van der Waals surface area contributed by atoms with E-state index in [1.54, 1.807) is 36.3 Å². The molecule has 4 rings (SSSR count). The number of halogens is 1. The van der Waals surface area contributed by atoms with Crippen LogP contribution in [0.4, 0.5) is 11.4 Å². The van der Waals surface area contributed by atoms with Crippen LogP contribution in [-0.2, 0) is 9.59 Å². The van der Waals surface area contributed by atoms with Crippen LogP contribution >= 0.6 is 11.6 Å². The predicted octanol–water partition coefficient (Wildman–Crippen LogP) is 5.78. The standard InChI is InChI=1S/C26H21ClN2O3/c1-17(30)28-22-9-11-23(12-10-22)29-25(19-5-7-21(27)8-6-19)16-20(26(29)31)15-18-3-13-24(32-2)14-4-18/h3-16H,1-2H3,(H,28,30)/b20-15-. The fourth-order valence-electron chi connectivity index (χ4n) is 3.48. The molecule has 32 heavy (non-hydrogen) atoms. The quantitative estimate of drug-likeness (QED) is 0.507. The third-order valence-electron chi connectivity index (χ3n) is 5.01. The molecule has 3 aromatic rings. The first-order valence-electron chi connectivity index (χ1n) is 10.00. The summed E-state index contributed by atoms with van der Waals surface area (Å²) in [6, 6.07) is 22.0. The topological polar surface area (TPSA) is 58.6 Å². The maximum atomic E-state index is 13.4. The molecule has 0 bridgehead atoms. The molecule has 0 saturated carbocycles. The maximum Gasteiger partial charge on any atom is 0.262 e. The number of rotatable bonds is 5. The van der Waals surface area contributed by atoms with Gasteiger partial charge in [-0.2, -0.15) is 0 Å². The van der Waals surface area contributed by atoms with E-state index >= 15 is 0 Å². The largest absolute Gasteiger partial charge is 0.497 e. The lowest BCUT2D eigenvalue weighted by Gasteiger charge is -2.21. The number of amides is 2. The monoisotopic (exact) mass is 444 g/mol. The third-order valence-corrected chi connectivity index (χ3v) is 5.26. The summed E-state index contributed by atoms with van der Waals surface area (Å²) < 4.78 is 5.21. The van der Waals surface area contributed by atoms with Gasteiger partial charge < -0.3 is 10.1 Å². The Balaban J connectivity index is 1.74. The molecule has 3 aromatic carbocycles. The van der Waals surface area contributed by atoms with Crippen molar-refractivity contribution < 1.29 is 14.3 Å². The molecule has 160 valence electrons. The zero-order valence-electron chi connectivity index (χ0n) is 17.6. The first-order valence-corrected chi connectivity index (χ1v) is 10.4. The van der Waals surface area contributed by atoms with Crippen molar-refractivity contribution >= 4 is 46.6 Å². The minimum Gasteiger partial charge on any atom is -0.497 e. The predicted molar refractivity (Wildman–Crippen MR) is 129 cm³/mol. The average Bonchev–Trinajstić information content (AvgIpc) is 3.11. The van der Waals surface area contributed by atoms with Crippen LogP contribution in [0.25, 0.3) is 11.8 Å². The Bertz CT molecular complexity index is 1210. The number of anilines is 2. The van der Waals surface area contributed by atoms with E-state index in [4.69, 9.17) is 16.3 Å². The van der Waals surface area contributed by atoms with E-state index in [1.165, 1.54) is 6.92 Å². The van der Waals surface area contributed by atoms with Gasteiger partial charge >= 0.3 is 0 Å². The first kappa shape index (κ1) is 21.4. The van der Waals surface area contributed by atoms with Gasteiger partial charge in [0.15, 0.2) is 0 Å². The molecule has 0 aromatic heterocycles. The van der Waals surface area contributed by atoms with Crippen molar-refractivity contribution in [3.63, 3.8) is 0 Å². The van der Waals surface area contributed by atoms with E-state index < -0.39 is 0 Å². The number of benzene rings is 3. The van der Waals surface area contributed by atoms with Crippen LogP contribution in [0, 0.1) is 0 Å². The number of hydrogen-bond acceptors (Lipinski definition) is 3. The summed E-state index contributed by atoms with van der Waals surface area (Å²) in [7, 11) is 1.62. The summed E-state index contributed by atoms with van der Waals surface area (Å²) in [6.07, 6.45) is 3.72. The summed E-state index contributed by atoms with van der Waals surface area (Å²) >= 11 is 6.06. The van der Waals surface area contributed by atoms with Crippen LogP contribution in [0.15, 0.2) is 84.4 Å². The van der Waals surface area contributed by atoms with Crippen molar-refractivity contribution in [2.24, 2.45) is 0 Å². The molecule has 6 heteroatoms. The van der Waals surface area contributed by atoms with Gasteiger partial charge in [-0.3, -0.25) is 14.5 Å². The highest BCUT2D eigenvalue weighted by Gasteiger charge is 2.30. The molecule has 1 N–H and O–H groups in total. The molecule has 0 saturated heterocycles. The Kier molecular flexibility index (Phi) is 6.10. The Morgan fingerprint density at radius 1 is 0.969 bits per heavy atom. The highest BCUT2D eigenvalue weighted by molar-refractivity contribution is 6.30. The highest BCUT2D eigenvalue weighted by Crippen LogP contribution is 2.36. The fraction of sp³-hybridized carbons (Fsp3) is 0.0769.